The Bertz CT molecular complexity index is 1670. The fourth-order valence-electron chi connectivity index (χ4n) is 5.64. The van der Waals surface area contributed by atoms with Crippen LogP contribution in [0.15, 0.2) is 123 Å². The van der Waals surface area contributed by atoms with Crippen LogP contribution >= 0.6 is 27.9 Å². The summed E-state index contributed by atoms with van der Waals surface area (Å²) < 4.78 is 24.6. The van der Waals surface area contributed by atoms with Gasteiger partial charge in [0.15, 0.2) is 0 Å². The number of ether oxygens (including phenoxy) is 1. The van der Waals surface area contributed by atoms with Crippen LogP contribution in [0, 0.1) is 0 Å². The van der Waals surface area contributed by atoms with Gasteiger partial charge in [0.25, 0.3) is 11.8 Å². The van der Waals surface area contributed by atoms with E-state index < -0.39 is 11.0 Å². The van der Waals surface area contributed by atoms with Crippen molar-refractivity contribution in [1.29, 1.82) is 0 Å². The van der Waals surface area contributed by atoms with Crippen LogP contribution < -0.4 is 15.4 Å². The van der Waals surface area contributed by atoms with Gasteiger partial charge in [0.05, 0.1) is 11.5 Å². The summed E-state index contributed by atoms with van der Waals surface area (Å²) in [6, 6.07) is 25.1. The second-order valence-electron chi connectivity index (χ2n) is 12.2. The lowest BCUT2D eigenvalue weighted by Gasteiger charge is -2.22. The molecule has 3 N–H and O–H groups in total. The maximum absolute atomic E-state index is 12.9. The first-order valence-corrected chi connectivity index (χ1v) is 19.9. The number of nitrogens with one attached hydrogen (secondary N) is 3. The number of allylic oxidation sites excluding steroid dienone is 4. The fourth-order valence-corrected chi connectivity index (χ4v) is 8.50. The first-order chi connectivity index (χ1) is 24.5. The number of amides is 2. The minimum Gasteiger partial charge on any atom is -0.380 e. The van der Waals surface area contributed by atoms with E-state index in [9.17, 15) is 13.8 Å². The van der Waals surface area contributed by atoms with Crippen LogP contribution in [-0.2, 0) is 27.1 Å². The molecule has 1 heterocycles. The molecule has 0 spiro atoms. The fraction of sp³-hybridized carbons (Fsp3) is 0.333. The molecule has 0 bridgehead atoms. The van der Waals surface area contributed by atoms with Crippen LogP contribution in [0.4, 0.5) is 5.69 Å². The third-order valence-electron chi connectivity index (χ3n) is 8.40. The van der Waals surface area contributed by atoms with E-state index in [0.717, 1.165) is 28.6 Å². The molecule has 0 radical (unpaired) electrons. The Balaban J connectivity index is 0.000000195. The molecule has 2 aliphatic carbocycles. The zero-order valence-corrected chi connectivity index (χ0v) is 31.4. The van der Waals surface area contributed by atoms with Crippen molar-refractivity contribution in [3.63, 3.8) is 0 Å². The molecule has 1 aliphatic heterocycles. The summed E-state index contributed by atoms with van der Waals surface area (Å²) in [6.45, 7) is 3.04. The number of nitrogens with zero attached hydrogens (tertiary/aromatic N) is 1. The van der Waals surface area contributed by atoms with Crippen molar-refractivity contribution in [1.82, 2.24) is 14.3 Å². The lowest BCUT2D eigenvalue weighted by Crippen LogP contribution is -2.29. The van der Waals surface area contributed by atoms with Crippen molar-refractivity contribution in [2.45, 2.75) is 62.4 Å². The second-order valence-corrected chi connectivity index (χ2v) is 15.5. The van der Waals surface area contributed by atoms with Crippen LogP contribution in [0.1, 0.15) is 60.9 Å². The highest BCUT2D eigenvalue weighted by atomic mass is 79.9. The van der Waals surface area contributed by atoms with E-state index in [1.807, 2.05) is 83.2 Å². The average molecular weight is 778 g/mol. The van der Waals surface area contributed by atoms with Crippen LogP contribution in [0.2, 0.25) is 0 Å². The standard InChI is InChI=1S/C20H24N2OS.C19H21BrN2O3S/c23-20(21-17-10-3-1-4-11-17)16-9-7-8-14-19(15-16)24-22-18-12-5-2-6-13-18;20-17-8-7-16(19(23)21-14-15-5-2-1-3-6-15)13-18(17)26(24)22-9-4-11-25-12-10-22/h1,3-4,7-11,15,18,22H,2,5-6,12-14H2,(H,21,23);1-3,5-8,13H,4,9-12,14H2,(H,21,23). The third-order valence-corrected chi connectivity index (χ3v) is 11.9. The summed E-state index contributed by atoms with van der Waals surface area (Å²) in [5.41, 5.74) is 3.05. The highest BCUT2D eigenvalue weighted by Crippen LogP contribution is 2.27. The first-order valence-electron chi connectivity index (χ1n) is 17.2. The van der Waals surface area contributed by atoms with E-state index in [1.165, 1.54) is 37.0 Å². The van der Waals surface area contributed by atoms with Crippen molar-refractivity contribution in [3.05, 3.63) is 129 Å². The monoisotopic (exact) mass is 776 g/mol. The Kier molecular flexibility index (Phi) is 15.6. The predicted molar refractivity (Wildman–Crippen MR) is 208 cm³/mol. The van der Waals surface area contributed by atoms with Crippen LogP contribution in [-0.4, -0.2) is 52.7 Å². The van der Waals surface area contributed by atoms with Gasteiger partial charge in [0.2, 0.25) is 0 Å². The highest BCUT2D eigenvalue weighted by Gasteiger charge is 2.21. The summed E-state index contributed by atoms with van der Waals surface area (Å²) in [5, 5.41) is 5.85. The number of halogens is 1. The molecule has 2 amide bonds. The Morgan fingerprint density at radius 1 is 0.900 bits per heavy atom. The van der Waals surface area contributed by atoms with Gasteiger partial charge in [-0.1, -0.05) is 79.9 Å². The smallest absolute Gasteiger partial charge is 0.255 e. The van der Waals surface area contributed by atoms with Gasteiger partial charge in [-0.3, -0.25) is 14.3 Å². The molecule has 6 rings (SSSR count). The zero-order valence-electron chi connectivity index (χ0n) is 28.2. The number of benzene rings is 3. The van der Waals surface area contributed by atoms with E-state index in [1.54, 1.807) is 30.1 Å². The van der Waals surface area contributed by atoms with Crippen LogP contribution in [0.5, 0.6) is 0 Å². The van der Waals surface area contributed by atoms with Gasteiger partial charge >= 0.3 is 0 Å². The summed E-state index contributed by atoms with van der Waals surface area (Å²) >= 11 is 5.14. The number of anilines is 1. The van der Waals surface area contributed by atoms with Crippen molar-refractivity contribution in [3.8, 4) is 0 Å². The molecule has 8 nitrogen and oxygen atoms in total. The number of carbonyl (C=O) groups excluding carboxylic acids is 2. The quantitative estimate of drug-likeness (QED) is 0.180. The Labute approximate surface area is 311 Å². The summed E-state index contributed by atoms with van der Waals surface area (Å²) in [7, 11) is -1.33. The van der Waals surface area contributed by atoms with E-state index in [0.29, 0.717) is 54.9 Å². The van der Waals surface area contributed by atoms with Crippen LogP contribution in [0.25, 0.3) is 0 Å². The molecule has 1 saturated carbocycles. The van der Waals surface area contributed by atoms with Gasteiger partial charge in [0, 0.05) is 58.5 Å². The Morgan fingerprint density at radius 2 is 1.66 bits per heavy atom. The van der Waals surface area contributed by atoms with Gasteiger partial charge in [-0.05, 0) is 102 Å². The number of rotatable bonds is 10. The zero-order chi connectivity index (χ0) is 35.0. The molecular weight excluding hydrogens is 732 g/mol. The number of hydrogen-bond donors (Lipinski definition) is 3. The molecule has 264 valence electrons. The van der Waals surface area contributed by atoms with Crippen molar-refractivity contribution in [2.75, 3.05) is 31.6 Å². The van der Waals surface area contributed by atoms with E-state index in [4.69, 9.17) is 4.74 Å². The summed E-state index contributed by atoms with van der Waals surface area (Å²) in [5.74, 6) is -0.248. The number of para-hydroxylation sites is 1. The van der Waals surface area contributed by atoms with Gasteiger partial charge in [-0.15, -0.1) is 0 Å². The van der Waals surface area contributed by atoms with Crippen molar-refractivity contribution < 1.29 is 18.5 Å². The molecule has 3 aromatic carbocycles. The lowest BCUT2D eigenvalue weighted by atomic mass is 9.96. The van der Waals surface area contributed by atoms with Gasteiger partial charge in [-0.2, -0.15) is 0 Å². The number of carbonyl (C=O) groups is 2. The average Bonchev–Trinajstić information content (AvgIpc) is 3.59. The van der Waals surface area contributed by atoms with Crippen molar-refractivity contribution >= 4 is 56.4 Å². The summed E-state index contributed by atoms with van der Waals surface area (Å²) in [4.78, 5) is 26.8. The van der Waals surface area contributed by atoms with E-state index in [2.05, 4.69) is 37.4 Å². The molecule has 11 heteroatoms. The van der Waals surface area contributed by atoms with Gasteiger partial charge in [0.1, 0.15) is 11.0 Å². The van der Waals surface area contributed by atoms with E-state index >= 15 is 0 Å². The molecule has 0 aromatic heterocycles. The first kappa shape index (κ1) is 37.9. The maximum atomic E-state index is 12.9. The van der Waals surface area contributed by atoms with Gasteiger partial charge in [-0.25, -0.2) is 8.51 Å². The summed E-state index contributed by atoms with van der Waals surface area (Å²) in [6.07, 6.45) is 16.2. The second kappa shape index (κ2) is 20.5. The SMILES string of the molecule is O=C(NCc1ccccc1)c1ccc(Br)c(S(=O)N2CCCOCC2)c1.O=C(Nc1ccccc1)C1=CC=CCC(SNC2CCCCC2)=C1. The molecular formula is C39H45BrN4O4S2. The van der Waals surface area contributed by atoms with E-state index in [-0.39, 0.29) is 11.8 Å². The molecule has 1 unspecified atom stereocenters. The minimum atomic E-state index is -1.33. The Morgan fingerprint density at radius 3 is 2.44 bits per heavy atom. The minimum absolute atomic E-state index is 0.0662. The topological polar surface area (TPSA) is 99.8 Å². The molecule has 1 saturated heterocycles. The Hall–Kier alpha value is -3.32. The number of hydrogen-bond acceptors (Lipinski definition) is 6. The lowest BCUT2D eigenvalue weighted by molar-refractivity contribution is -0.112. The maximum Gasteiger partial charge on any atom is 0.255 e. The molecule has 50 heavy (non-hydrogen) atoms. The van der Waals surface area contributed by atoms with Crippen LogP contribution in [0.3, 0.4) is 0 Å². The molecule has 3 aromatic rings. The highest BCUT2D eigenvalue weighted by molar-refractivity contribution is 9.10. The van der Waals surface area contributed by atoms with Crippen molar-refractivity contribution in [2.24, 2.45) is 0 Å². The normalized spacial score (nSPS) is 17.5. The molecule has 1 atom stereocenters. The molecule has 3 aliphatic rings. The van der Waals surface area contributed by atoms with Gasteiger partial charge < -0.3 is 15.4 Å². The predicted octanol–water partition coefficient (Wildman–Crippen LogP) is 8.09. The largest absolute Gasteiger partial charge is 0.380 e. The third kappa shape index (κ3) is 12.2. The molecule has 2 fully saturated rings.